The molecule has 2 aromatic rings. The Hall–Kier alpha value is -1.86. The molecule has 6 nitrogen and oxygen atoms in total. The van der Waals surface area contributed by atoms with Crippen molar-refractivity contribution in [3.63, 3.8) is 0 Å². The Morgan fingerprint density at radius 3 is 2.30 bits per heavy atom. The number of hydrogen-bond acceptors (Lipinski definition) is 6. The highest BCUT2D eigenvalue weighted by atomic mass is 79.9. The lowest BCUT2D eigenvalue weighted by molar-refractivity contribution is 0.347. The molecule has 7 heteroatoms. The van der Waals surface area contributed by atoms with Crippen molar-refractivity contribution in [1.29, 1.82) is 0 Å². The molecule has 0 spiro atoms. The van der Waals surface area contributed by atoms with Gasteiger partial charge in [0.1, 0.15) is 5.75 Å². The van der Waals surface area contributed by atoms with Gasteiger partial charge in [-0.1, -0.05) is 15.9 Å². The monoisotopic (exact) mass is 339 g/mol. The number of nitrogens with zero attached hydrogens (tertiary/aromatic N) is 2. The van der Waals surface area contributed by atoms with Crippen LogP contribution in [0.5, 0.6) is 23.5 Å². The fraction of sp³-hybridized carbons (Fsp3) is 0.231. The second-order valence-corrected chi connectivity index (χ2v) is 4.71. The summed E-state index contributed by atoms with van der Waals surface area (Å²) in [6.07, 6.45) is 0. The standard InChI is InChI=1S/C13H14BrN3O3/c1-18-11-6-12(19-2)17-13(16-11)20-10-4-3-9(14)5-8(10)7-15/h3-6H,7,15H2,1-2H3. The summed E-state index contributed by atoms with van der Waals surface area (Å²) in [6, 6.07) is 7.23. The first-order valence-electron chi connectivity index (χ1n) is 5.79. The Bertz CT molecular complexity index is 585. The maximum Gasteiger partial charge on any atom is 0.328 e. The molecular formula is C13H14BrN3O3. The minimum absolute atomic E-state index is 0.137. The first-order chi connectivity index (χ1) is 9.66. The maximum absolute atomic E-state index is 5.69. The summed E-state index contributed by atoms with van der Waals surface area (Å²) in [5.41, 5.74) is 6.53. The first kappa shape index (κ1) is 14.5. The second kappa shape index (κ2) is 6.53. The molecule has 2 N–H and O–H groups in total. The molecule has 0 bridgehead atoms. The largest absolute Gasteiger partial charge is 0.481 e. The molecule has 2 rings (SSSR count). The van der Waals surface area contributed by atoms with E-state index in [1.165, 1.54) is 14.2 Å². The van der Waals surface area contributed by atoms with Crippen molar-refractivity contribution in [3.8, 4) is 23.5 Å². The van der Waals surface area contributed by atoms with Crippen LogP contribution in [-0.4, -0.2) is 24.2 Å². The average molecular weight is 340 g/mol. The van der Waals surface area contributed by atoms with Crippen molar-refractivity contribution in [1.82, 2.24) is 9.97 Å². The predicted octanol–water partition coefficient (Wildman–Crippen LogP) is 2.51. The molecule has 0 aliphatic heterocycles. The third-order valence-corrected chi connectivity index (χ3v) is 3.01. The summed E-state index contributed by atoms with van der Waals surface area (Å²) in [5.74, 6) is 1.31. The predicted molar refractivity (Wildman–Crippen MR) is 77.2 cm³/mol. The molecule has 0 saturated carbocycles. The minimum atomic E-state index is 0.137. The van der Waals surface area contributed by atoms with Gasteiger partial charge in [-0.2, -0.15) is 9.97 Å². The number of methoxy groups -OCH3 is 2. The van der Waals surface area contributed by atoms with E-state index >= 15 is 0 Å². The van der Waals surface area contributed by atoms with Crippen LogP contribution in [0.25, 0.3) is 0 Å². The molecule has 1 aromatic carbocycles. The van der Waals surface area contributed by atoms with Gasteiger partial charge in [0.2, 0.25) is 11.8 Å². The van der Waals surface area contributed by atoms with E-state index in [9.17, 15) is 0 Å². The number of halogens is 1. The van der Waals surface area contributed by atoms with Crippen LogP contribution in [0.2, 0.25) is 0 Å². The normalized spacial score (nSPS) is 10.2. The van der Waals surface area contributed by atoms with E-state index in [1.54, 1.807) is 12.1 Å². The third-order valence-electron chi connectivity index (χ3n) is 2.52. The molecule has 106 valence electrons. The van der Waals surface area contributed by atoms with E-state index in [2.05, 4.69) is 25.9 Å². The summed E-state index contributed by atoms with van der Waals surface area (Å²) in [6.45, 7) is 0.343. The molecule has 1 heterocycles. The van der Waals surface area contributed by atoms with E-state index in [1.807, 2.05) is 12.1 Å². The molecular weight excluding hydrogens is 326 g/mol. The van der Waals surface area contributed by atoms with Crippen LogP contribution in [0.3, 0.4) is 0 Å². The second-order valence-electron chi connectivity index (χ2n) is 3.79. The van der Waals surface area contributed by atoms with E-state index < -0.39 is 0 Å². The molecule has 1 aromatic heterocycles. The highest BCUT2D eigenvalue weighted by Gasteiger charge is 2.10. The van der Waals surface area contributed by atoms with Gasteiger partial charge >= 0.3 is 6.01 Å². The van der Waals surface area contributed by atoms with Crippen molar-refractivity contribution in [2.45, 2.75) is 6.54 Å². The lowest BCUT2D eigenvalue weighted by Gasteiger charge is -2.10. The van der Waals surface area contributed by atoms with Crippen LogP contribution in [0, 0.1) is 0 Å². The highest BCUT2D eigenvalue weighted by Crippen LogP contribution is 2.28. The lowest BCUT2D eigenvalue weighted by Crippen LogP contribution is -2.02. The Morgan fingerprint density at radius 1 is 1.10 bits per heavy atom. The number of rotatable bonds is 5. The van der Waals surface area contributed by atoms with Crippen LogP contribution in [-0.2, 0) is 6.54 Å². The van der Waals surface area contributed by atoms with Crippen LogP contribution in [0.4, 0.5) is 0 Å². The molecule has 0 atom stereocenters. The van der Waals surface area contributed by atoms with Gasteiger partial charge in [-0.05, 0) is 18.2 Å². The zero-order valence-corrected chi connectivity index (χ0v) is 12.7. The van der Waals surface area contributed by atoms with E-state index in [0.29, 0.717) is 24.1 Å². The summed E-state index contributed by atoms with van der Waals surface area (Å²) >= 11 is 3.39. The number of nitrogens with two attached hydrogens (primary N) is 1. The number of benzene rings is 1. The van der Waals surface area contributed by atoms with Gasteiger partial charge in [0.15, 0.2) is 0 Å². The first-order valence-corrected chi connectivity index (χ1v) is 6.59. The van der Waals surface area contributed by atoms with Crippen molar-refractivity contribution in [2.24, 2.45) is 5.73 Å². The Morgan fingerprint density at radius 2 is 1.75 bits per heavy atom. The van der Waals surface area contributed by atoms with E-state index in [0.717, 1.165) is 10.0 Å². The maximum atomic E-state index is 5.69. The van der Waals surface area contributed by atoms with E-state index in [-0.39, 0.29) is 6.01 Å². The smallest absolute Gasteiger partial charge is 0.328 e. The topological polar surface area (TPSA) is 79.5 Å². The third kappa shape index (κ3) is 3.37. The zero-order chi connectivity index (χ0) is 14.5. The molecule has 20 heavy (non-hydrogen) atoms. The van der Waals surface area contributed by atoms with Gasteiger partial charge in [0.05, 0.1) is 20.3 Å². The van der Waals surface area contributed by atoms with Crippen molar-refractivity contribution in [2.75, 3.05) is 14.2 Å². The van der Waals surface area contributed by atoms with Crippen LogP contribution in [0.15, 0.2) is 28.7 Å². The van der Waals surface area contributed by atoms with Crippen molar-refractivity contribution < 1.29 is 14.2 Å². The van der Waals surface area contributed by atoms with Gasteiger partial charge in [-0.25, -0.2) is 0 Å². The Labute approximate surface area is 125 Å². The van der Waals surface area contributed by atoms with Crippen LogP contribution in [0.1, 0.15) is 5.56 Å². The lowest BCUT2D eigenvalue weighted by atomic mass is 10.2. The van der Waals surface area contributed by atoms with Crippen LogP contribution < -0.4 is 19.9 Å². The molecule has 0 fully saturated rings. The molecule has 0 aliphatic carbocycles. The molecule has 0 saturated heterocycles. The zero-order valence-electron chi connectivity index (χ0n) is 11.1. The van der Waals surface area contributed by atoms with Crippen molar-refractivity contribution in [3.05, 3.63) is 34.3 Å². The summed E-state index contributed by atoms with van der Waals surface area (Å²) in [7, 11) is 3.02. The quantitative estimate of drug-likeness (QED) is 0.901. The van der Waals surface area contributed by atoms with E-state index in [4.69, 9.17) is 19.9 Å². The molecule has 0 unspecified atom stereocenters. The number of aromatic nitrogens is 2. The Kier molecular flexibility index (Phi) is 4.75. The number of hydrogen-bond donors (Lipinski definition) is 1. The number of ether oxygens (including phenoxy) is 3. The molecule has 0 amide bonds. The van der Waals surface area contributed by atoms with Gasteiger partial charge in [0, 0.05) is 16.6 Å². The fourth-order valence-corrected chi connectivity index (χ4v) is 1.95. The van der Waals surface area contributed by atoms with Gasteiger partial charge in [-0.15, -0.1) is 0 Å². The summed E-state index contributed by atoms with van der Waals surface area (Å²) < 4.78 is 16.7. The fourth-order valence-electron chi connectivity index (χ4n) is 1.54. The molecule has 0 aliphatic rings. The SMILES string of the molecule is COc1cc(OC)nc(Oc2ccc(Br)cc2CN)n1. The summed E-state index contributed by atoms with van der Waals surface area (Å²) in [5, 5.41) is 0. The summed E-state index contributed by atoms with van der Waals surface area (Å²) in [4.78, 5) is 8.21. The van der Waals surface area contributed by atoms with Crippen LogP contribution >= 0.6 is 15.9 Å². The highest BCUT2D eigenvalue weighted by molar-refractivity contribution is 9.10. The minimum Gasteiger partial charge on any atom is -0.481 e. The van der Waals surface area contributed by atoms with Crippen molar-refractivity contribution >= 4 is 15.9 Å². The van der Waals surface area contributed by atoms with Gasteiger partial charge < -0.3 is 19.9 Å². The Balaban J connectivity index is 2.34. The average Bonchev–Trinajstić information content (AvgIpc) is 2.48. The molecule has 0 radical (unpaired) electrons. The van der Waals surface area contributed by atoms with Gasteiger partial charge in [-0.3, -0.25) is 0 Å². The van der Waals surface area contributed by atoms with Gasteiger partial charge in [0.25, 0.3) is 0 Å².